The zero-order chi connectivity index (χ0) is 24.0. The van der Waals surface area contributed by atoms with Crippen LogP contribution in [-0.4, -0.2) is 31.1 Å². The minimum atomic E-state index is -1.75. The van der Waals surface area contributed by atoms with Crippen molar-refractivity contribution in [2.24, 2.45) is 23.7 Å². The summed E-state index contributed by atoms with van der Waals surface area (Å²) in [6.07, 6.45) is 0. The molecule has 0 bridgehead atoms. The van der Waals surface area contributed by atoms with Crippen molar-refractivity contribution >= 4 is 31.1 Å². The third-order valence-corrected chi connectivity index (χ3v) is 54.7. The van der Waals surface area contributed by atoms with Gasteiger partial charge in [0.2, 0.25) is 0 Å². The van der Waals surface area contributed by atoms with Gasteiger partial charge in [-0.15, -0.1) is 0 Å². The summed E-state index contributed by atoms with van der Waals surface area (Å²) in [4.78, 5) is 0. The molecule has 0 amide bonds. The van der Waals surface area contributed by atoms with Gasteiger partial charge in [-0.1, -0.05) is 138 Å². The predicted octanol–water partition coefficient (Wildman–Crippen LogP) is 8.96. The molecule has 0 saturated carbocycles. The average molecular weight is 481 g/mol. The summed E-state index contributed by atoms with van der Waals surface area (Å²) in [5.74, 6) is 3.06. The van der Waals surface area contributed by atoms with E-state index in [0.29, 0.717) is 10.1 Å². The normalized spacial score (nSPS) is 22.1. The molecule has 0 spiro atoms. The maximum absolute atomic E-state index is 2.70. The smallest absolute Gasteiger partial charge is 0.0754 e. The fraction of sp³-hybridized carbons (Fsp3) is 1.00. The summed E-state index contributed by atoms with van der Waals surface area (Å²) in [7, 11) is -0.805. The van der Waals surface area contributed by atoms with E-state index in [1.807, 2.05) is 0 Å². The van der Waals surface area contributed by atoms with Crippen molar-refractivity contribution < 1.29 is 0 Å². The Balaban J connectivity index is 4.64. The molecule has 0 nitrogen and oxygen atoms in total. The molecule has 0 saturated heterocycles. The van der Waals surface area contributed by atoms with Crippen LogP contribution in [0.25, 0.3) is 0 Å². The topological polar surface area (TPSA) is 0 Å². The van der Waals surface area contributed by atoms with Gasteiger partial charge in [0, 0.05) is 5.04 Å². The van der Waals surface area contributed by atoms with Crippen LogP contribution < -0.4 is 0 Å². The standard InChI is InChI=1S/C26H56Si4/c1-17(2)25(18(3)4)26(19(5)6,20(7)8)29(21(9)10,22(11)12)30(23(13)14,24(15)16)28-27-25/h17-24H,1-16H3. The van der Waals surface area contributed by atoms with Gasteiger partial charge < -0.3 is 0 Å². The van der Waals surface area contributed by atoms with Crippen molar-refractivity contribution in [3.63, 3.8) is 0 Å². The lowest BCUT2D eigenvalue weighted by molar-refractivity contribution is 0.125. The van der Waals surface area contributed by atoms with E-state index >= 15 is 0 Å². The molecule has 0 aromatic heterocycles. The maximum Gasteiger partial charge on any atom is 0.0985 e. The molecule has 0 aliphatic carbocycles. The van der Waals surface area contributed by atoms with Crippen LogP contribution in [0.3, 0.4) is 0 Å². The first-order valence-electron chi connectivity index (χ1n) is 13.0. The summed E-state index contributed by atoms with van der Waals surface area (Å²) in [6.45, 7) is 42.5. The quantitative estimate of drug-likeness (QED) is 0.304. The second-order valence-electron chi connectivity index (χ2n) is 13.0. The largest absolute Gasteiger partial charge is 0.0985 e. The molecule has 0 fully saturated rings. The van der Waals surface area contributed by atoms with Crippen LogP contribution in [0.2, 0.25) is 32.2 Å². The molecule has 0 aromatic carbocycles. The molecule has 0 N–H and O–H groups in total. The molecule has 0 aromatic rings. The van der Waals surface area contributed by atoms with Crippen molar-refractivity contribution in [2.75, 3.05) is 0 Å². The van der Waals surface area contributed by atoms with Gasteiger partial charge in [-0.25, -0.2) is 0 Å². The van der Waals surface area contributed by atoms with Crippen LogP contribution in [0, 0.1) is 23.7 Å². The monoisotopic (exact) mass is 480 g/mol. The highest BCUT2D eigenvalue weighted by atomic mass is 29.7. The van der Waals surface area contributed by atoms with E-state index in [4.69, 9.17) is 0 Å². The third-order valence-electron chi connectivity index (χ3n) is 9.82. The van der Waals surface area contributed by atoms with Crippen molar-refractivity contribution in [2.45, 2.75) is 143 Å². The Morgan fingerprint density at radius 3 is 1.00 bits per heavy atom. The highest BCUT2D eigenvalue weighted by molar-refractivity contribution is 7.64. The second-order valence-corrected chi connectivity index (χ2v) is 35.9. The molecular formula is C26H56Si4. The molecule has 1 rings (SSSR count). The lowest BCUT2D eigenvalue weighted by Gasteiger charge is -2.75. The van der Waals surface area contributed by atoms with Crippen molar-refractivity contribution in [1.29, 1.82) is 0 Å². The van der Waals surface area contributed by atoms with Crippen LogP contribution in [0.1, 0.15) is 111 Å². The minimum absolute atomic E-state index is 0.495. The molecule has 1 heterocycles. The maximum atomic E-state index is 2.70. The summed E-state index contributed by atoms with van der Waals surface area (Å²) in [5, 5.41) is 1.00. The Bertz CT molecular complexity index is 558. The lowest BCUT2D eigenvalue weighted by Crippen LogP contribution is -2.82. The first kappa shape index (κ1) is 28.9. The van der Waals surface area contributed by atoms with E-state index < -0.39 is 14.7 Å². The van der Waals surface area contributed by atoms with Gasteiger partial charge in [0.1, 0.15) is 0 Å². The van der Waals surface area contributed by atoms with Crippen LogP contribution in [0.4, 0.5) is 0 Å². The molecule has 30 heavy (non-hydrogen) atoms. The lowest BCUT2D eigenvalue weighted by atomic mass is 9.64. The number of rotatable bonds is 8. The van der Waals surface area contributed by atoms with E-state index in [1.165, 1.54) is 16.4 Å². The van der Waals surface area contributed by atoms with Gasteiger partial charge in [-0.05, 0) is 39.8 Å². The Hall–Kier alpha value is 0.868. The molecule has 0 atom stereocenters. The number of hydrogen-bond donors (Lipinski definition) is 0. The summed E-state index contributed by atoms with van der Waals surface area (Å²) in [5.41, 5.74) is 3.56. The van der Waals surface area contributed by atoms with Crippen LogP contribution in [0.15, 0.2) is 0 Å². The fourth-order valence-corrected chi connectivity index (χ4v) is 73.4. The molecule has 4 heteroatoms. The van der Waals surface area contributed by atoms with Crippen LogP contribution in [0.5, 0.6) is 0 Å². The van der Waals surface area contributed by atoms with Gasteiger partial charge in [-0.3, -0.25) is 0 Å². The Morgan fingerprint density at radius 1 is 0.467 bits per heavy atom. The fourth-order valence-electron chi connectivity index (χ4n) is 10.1. The molecule has 0 radical (unpaired) electrons. The summed E-state index contributed by atoms with van der Waals surface area (Å²) in [6, 6.07) is 0. The zero-order valence-electron chi connectivity index (χ0n) is 23.6. The Morgan fingerprint density at radius 2 is 0.800 bits per heavy atom. The van der Waals surface area contributed by atoms with Gasteiger partial charge in [0.05, 0.1) is 14.7 Å². The molecule has 176 valence electrons. The average Bonchev–Trinajstić information content (AvgIpc) is 2.57. The third kappa shape index (κ3) is 3.26. The van der Waals surface area contributed by atoms with E-state index in [1.54, 1.807) is 0 Å². The van der Waals surface area contributed by atoms with Gasteiger partial charge in [-0.2, -0.15) is 0 Å². The SMILES string of the molecule is CC(C)C1(C(C)C)[Si]#[Si][Si](C(C)C)(C(C)C)[Si](C(C)C)(C(C)C)C1(C(C)C)C(C)C. The Kier molecular flexibility index (Phi) is 9.27. The predicted molar refractivity (Wildman–Crippen MR) is 148 cm³/mol. The second kappa shape index (κ2) is 9.62. The van der Waals surface area contributed by atoms with Crippen LogP contribution >= 0.6 is 0 Å². The molecule has 0 unspecified atom stereocenters. The van der Waals surface area contributed by atoms with Gasteiger partial charge in [0.15, 0.2) is 0 Å². The Labute approximate surface area is 197 Å². The van der Waals surface area contributed by atoms with E-state index in [-0.39, 0.29) is 0 Å². The highest BCUT2D eigenvalue weighted by Gasteiger charge is 2.77. The number of hydrogen-bond acceptors (Lipinski definition) is 0. The summed E-state index contributed by atoms with van der Waals surface area (Å²) < 4.78 is 0. The van der Waals surface area contributed by atoms with Crippen molar-refractivity contribution in [3.05, 3.63) is 0 Å². The van der Waals surface area contributed by atoms with E-state index in [0.717, 1.165) is 45.8 Å². The van der Waals surface area contributed by atoms with E-state index in [2.05, 4.69) is 111 Å². The van der Waals surface area contributed by atoms with Crippen LogP contribution in [-0.2, 0) is 0 Å². The molecule has 1 aliphatic rings. The zero-order valence-corrected chi connectivity index (χ0v) is 27.6. The van der Waals surface area contributed by atoms with Gasteiger partial charge >= 0.3 is 0 Å². The van der Waals surface area contributed by atoms with Gasteiger partial charge in [0.25, 0.3) is 0 Å². The minimum Gasteiger partial charge on any atom is -0.0754 e. The summed E-state index contributed by atoms with van der Waals surface area (Å²) >= 11 is 0. The first-order valence-corrected chi connectivity index (χ1v) is 22.4. The molecule has 1 aliphatic heterocycles. The first-order chi connectivity index (χ1) is 13.5. The van der Waals surface area contributed by atoms with Crippen molar-refractivity contribution in [3.8, 4) is 0 Å². The van der Waals surface area contributed by atoms with E-state index in [9.17, 15) is 0 Å². The van der Waals surface area contributed by atoms with Crippen molar-refractivity contribution in [1.82, 2.24) is 0 Å². The molecular weight excluding hydrogens is 425 g/mol. The highest BCUT2D eigenvalue weighted by Crippen LogP contribution is 2.78.